The van der Waals surface area contributed by atoms with E-state index in [9.17, 15) is 14.3 Å². The van der Waals surface area contributed by atoms with Crippen molar-refractivity contribution < 1.29 is 23.8 Å². The lowest BCUT2D eigenvalue weighted by atomic mass is 9.84. The van der Waals surface area contributed by atoms with Gasteiger partial charge in [-0.05, 0) is 43.2 Å². The zero-order chi connectivity index (χ0) is 18.4. The summed E-state index contributed by atoms with van der Waals surface area (Å²) >= 11 is 0. The van der Waals surface area contributed by atoms with Crippen molar-refractivity contribution in [3.8, 4) is 11.5 Å². The van der Waals surface area contributed by atoms with E-state index in [0.29, 0.717) is 57.1 Å². The molecule has 0 aromatic heterocycles. The Balaban J connectivity index is 1.71. The fraction of sp³-hybridized carbons (Fsp3) is 0.350. The van der Waals surface area contributed by atoms with Gasteiger partial charge < -0.3 is 14.6 Å². The molecule has 0 spiro atoms. The number of benzene rings is 2. The lowest BCUT2D eigenvalue weighted by Gasteiger charge is -2.39. The van der Waals surface area contributed by atoms with Gasteiger partial charge in [0, 0.05) is 25.2 Å². The van der Waals surface area contributed by atoms with Crippen molar-refractivity contribution in [2.45, 2.75) is 18.4 Å². The van der Waals surface area contributed by atoms with Crippen molar-refractivity contribution in [2.75, 3.05) is 26.2 Å². The molecular weight excluding hydrogens is 337 g/mol. The quantitative estimate of drug-likeness (QED) is 0.608. The second-order valence-electron chi connectivity index (χ2n) is 6.39. The molecular formula is C20H22FNO4. The third kappa shape index (κ3) is 4.39. The first kappa shape index (κ1) is 18.4. The van der Waals surface area contributed by atoms with Gasteiger partial charge in [0.2, 0.25) is 0 Å². The van der Waals surface area contributed by atoms with E-state index in [1.807, 2.05) is 18.2 Å². The van der Waals surface area contributed by atoms with Gasteiger partial charge in [0.1, 0.15) is 23.9 Å². The minimum absolute atomic E-state index is 0.324. The van der Waals surface area contributed by atoms with E-state index in [-0.39, 0.29) is 5.82 Å². The number of halogens is 1. The van der Waals surface area contributed by atoms with E-state index in [1.54, 1.807) is 18.2 Å². The third-order valence-corrected chi connectivity index (χ3v) is 4.71. The Bertz CT molecular complexity index is 727. The first-order chi connectivity index (χ1) is 12.6. The Morgan fingerprint density at radius 3 is 2.50 bits per heavy atom. The first-order valence-electron chi connectivity index (χ1n) is 8.64. The van der Waals surface area contributed by atoms with Gasteiger partial charge in [0.15, 0.2) is 0 Å². The highest BCUT2D eigenvalue weighted by molar-refractivity contribution is 5.41. The summed E-state index contributed by atoms with van der Waals surface area (Å²) in [5.74, 6) is 0.764. The van der Waals surface area contributed by atoms with E-state index in [0.717, 1.165) is 5.56 Å². The molecule has 2 aromatic rings. The SMILES string of the molecule is O=COCCN1CCC(O)(c2ccccc2Oc2ccc(F)cc2)CC1. The molecule has 1 fully saturated rings. The van der Waals surface area contributed by atoms with Crippen LogP contribution in [0, 0.1) is 5.82 Å². The number of carbonyl (C=O) groups excluding carboxylic acids is 1. The molecule has 2 aromatic carbocycles. The molecule has 1 saturated heterocycles. The molecule has 1 heterocycles. The Labute approximate surface area is 152 Å². The van der Waals surface area contributed by atoms with Crippen molar-refractivity contribution in [1.29, 1.82) is 0 Å². The zero-order valence-electron chi connectivity index (χ0n) is 14.4. The van der Waals surface area contributed by atoms with Gasteiger partial charge in [-0.25, -0.2) is 4.39 Å². The van der Waals surface area contributed by atoms with Crippen LogP contribution in [0.5, 0.6) is 11.5 Å². The van der Waals surface area contributed by atoms with Crippen LogP contribution < -0.4 is 4.74 Å². The number of likely N-dealkylation sites (tertiary alicyclic amines) is 1. The van der Waals surface area contributed by atoms with Crippen LogP contribution in [-0.4, -0.2) is 42.7 Å². The lowest BCUT2D eigenvalue weighted by Crippen LogP contribution is -2.43. The van der Waals surface area contributed by atoms with Crippen molar-refractivity contribution in [2.24, 2.45) is 0 Å². The Morgan fingerprint density at radius 1 is 1.12 bits per heavy atom. The number of ether oxygens (including phenoxy) is 2. The summed E-state index contributed by atoms with van der Waals surface area (Å²) in [5, 5.41) is 11.2. The van der Waals surface area contributed by atoms with E-state index >= 15 is 0 Å². The minimum Gasteiger partial charge on any atom is -0.467 e. The number of rotatable bonds is 7. The Hall–Kier alpha value is -2.44. The molecule has 6 heteroatoms. The van der Waals surface area contributed by atoms with Gasteiger partial charge in [-0.3, -0.25) is 9.69 Å². The molecule has 1 aliphatic heterocycles. The second-order valence-corrected chi connectivity index (χ2v) is 6.39. The Morgan fingerprint density at radius 2 is 1.81 bits per heavy atom. The number of nitrogens with zero attached hydrogens (tertiary/aromatic N) is 1. The topological polar surface area (TPSA) is 59.0 Å². The number of hydrogen-bond acceptors (Lipinski definition) is 5. The molecule has 138 valence electrons. The second kappa shape index (κ2) is 8.29. The van der Waals surface area contributed by atoms with Gasteiger partial charge in [0.25, 0.3) is 6.47 Å². The normalized spacial score (nSPS) is 16.8. The smallest absolute Gasteiger partial charge is 0.293 e. The van der Waals surface area contributed by atoms with Crippen molar-refractivity contribution in [1.82, 2.24) is 4.90 Å². The standard InChI is InChI=1S/C20H22FNO4/c21-16-5-7-17(8-6-16)26-19-4-2-1-3-18(19)20(24)9-11-22(12-10-20)13-14-25-15-23/h1-8,15,24H,9-14H2. The molecule has 0 bridgehead atoms. The molecule has 0 amide bonds. The lowest BCUT2D eigenvalue weighted by molar-refractivity contribution is -0.129. The monoisotopic (exact) mass is 359 g/mol. The van der Waals surface area contributed by atoms with Crippen LogP contribution in [0.1, 0.15) is 18.4 Å². The number of piperidine rings is 1. The molecule has 0 radical (unpaired) electrons. The number of para-hydroxylation sites is 1. The van der Waals surface area contributed by atoms with Crippen LogP contribution in [0.15, 0.2) is 48.5 Å². The van der Waals surface area contributed by atoms with E-state index in [2.05, 4.69) is 4.90 Å². The maximum Gasteiger partial charge on any atom is 0.293 e. The summed E-state index contributed by atoms with van der Waals surface area (Å²) in [6, 6.07) is 13.2. The summed E-state index contributed by atoms with van der Waals surface area (Å²) in [6.45, 7) is 2.85. The van der Waals surface area contributed by atoms with Crippen LogP contribution in [0.2, 0.25) is 0 Å². The number of carbonyl (C=O) groups is 1. The minimum atomic E-state index is -0.987. The summed E-state index contributed by atoms with van der Waals surface area (Å²) in [7, 11) is 0. The molecule has 5 nitrogen and oxygen atoms in total. The van der Waals surface area contributed by atoms with Gasteiger partial charge in [-0.15, -0.1) is 0 Å². The molecule has 1 aliphatic rings. The van der Waals surface area contributed by atoms with Gasteiger partial charge in [0.05, 0.1) is 5.60 Å². The van der Waals surface area contributed by atoms with Crippen LogP contribution >= 0.6 is 0 Å². The van der Waals surface area contributed by atoms with Crippen molar-refractivity contribution in [3.63, 3.8) is 0 Å². The van der Waals surface area contributed by atoms with Gasteiger partial charge in [-0.1, -0.05) is 18.2 Å². The van der Waals surface area contributed by atoms with Gasteiger partial charge >= 0.3 is 0 Å². The van der Waals surface area contributed by atoms with E-state index < -0.39 is 5.60 Å². The van der Waals surface area contributed by atoms with Crippen LogP contribution in [0.4, 0.5) is 4.39 Å². The Kier molecular flexibility index (Phi) is 5.85. The zero-order valence-corrected chi connectivity index (χ0v) is 14.4. The summed E-state index contributed by atoms with van der Waals surface area (Å²) in [4.78, 5) is 12.4. The van der Waals surface area contributed by atoms with Crippen LogP contribution in [0.3, 0.4) is 0 Å². The fourth-order valence-corrected chi connectivity index (χ4v) is 3.22. The fourth-order valence-electron chi connectivity index (χ4n) is 3.22. The van der Waals surface area contributed by atoms with Crippen molar-refractivity contribution in [3.05, 3.63) is 59.9 Å². The predicted molar refractivity (Wildman–Crippen MR) is 94.5 cm³/mol. The summed E-state index contributed by atoms with van der Waals surface area (Å²) < 4.78 is 23.7. The summed E-state index contributed by atoms with van der Waals surface area (Å²) in [6.07, 6.45) is 1.11. The van der Waals surface area contributed by atoms with Crippen molar-refractivity contribution >= 4 is 6.47 Å². The average Bonchev–Trinajstić information content (AvgIpc) is 2.66. The largest absolute Gasteiger partial charge is 0.467 e. The highest BCUT2D eigenvalue weighted by atomic mass is 19.1. The van der Waals surface area contributed by atoms with E-state index in [4.69, 9.17) is 9.47 Å². The van der Waals surface area contributed by atoms with Gasteiger partial charge in [-0.2, -0.15) is 0 Å². The molecule has 1 N–H and O–H groups in total. The molecule has 0 atom stereocenters. The predicted octanol–water partition coefficient (Wildman–Crippen LogP) is 3.07. The number of hydrogen-bond donors (Lipinski definition) is 1. The number of aliphatic hydroxyl groups is 1. The first-order valence-corrected chi connectivity index (χ1v) is 8.64. The molecule has 0 unspecified atom stereocenters. The highest BCUT2D eigenvalue weighted by Gasteiger charge is 2.36. The highest BCUT2D eigenvalue weighted by Crippen LogP contribution is 2.39. The average molecular weight is 359 g/mol. The van der Waals surface area contributed by atoms with Crippen LogP contribution in [0.25, 0.3) is 0 Å². The molecule has 0 saturated carbocycles. The van der Waals surface area contributed by atoms with Crippen LogP contribution in [-0.2, 0) is 15.1 Å². The summed E-state index contributed by atoms with van der Waals surface area (Å²) in [5.41, 5.74) is -0.258. The third-order valence-electron chi connectivity index (χ3n) is 4.71. The molecule has 3 rings (SSSR count). The maximum atomic E-state index is 13.1. The maximum absolute atomic E-state index is 13.1. The van der Waals surface area contributed by atoms with E-state index in [1.165, 1.54) is 12.1 Å². The molecule has 26 heavy (non-hydrogen) atoms. The molecule has 0 aliphatic carbocycles.